The third-order valence-corrected chi connectivity index (χ3v) is 7.72. The molecule has 4 aromatic rings. The smallest absolute Gasteiger partial charge is 0.343 e. The van der Waals surface area contributed by atoms with Crippen LogP contribution in [-0.2, 0) is 28.6 Å². The van der Waals surface area contributed by atoms with Gasteiger partial charge in [0.15, 0.2) is 11.5 Å². The largest absolute Gasteiger partial charge is 0.457 e. The van der Waals surface area contributed by atoms with Crippen molar-refractivity contribution < 1.29 is 61.9 Å². The number of rotatable bonds is 16. The molecule has 13 heteroatoms. The zero-order valence-corrected chi connectivity index (χ0v) is 28.4. The van der Waals surface area contributed by atoms with E-state index in [9.17, 15) is 24.0 Å². The fourth-order valence-corrected chi connectivity index (χ4v) is 5.10. The predicted molar refractivity (Wildman–Crippen MR) is 188 cm³/mol. The fourth-order valence-electron chi connectivity index (χ4n) is 5.10. The Morgan fingerprint density at radius 2 is 0.962 bits per heavy atom. The van der Waals surface area contributed by atoms with Crippen molar-refractivity contribution in [1.82, 2.24) is 0 Å². The Kier molecular flexibility index (Phi) is 12.0. The molecule has 13 nitrogen and oxygen atoms in total. The van der Waals surface area contributed by atoms with Gasteiger partial charge in [-0.05, 0) is 89.0 Å². The molecule has 0 bridgehead atoms. The van der Waals surface area contributed by atoms with Gasteiger partial charge in [0.05, 0.1) is 11.1 Å². The Labute approximate surface area is 303 Å². The lowest BCUT2D eigenvalue weighted by molar-refractivity contribution is -0.146. The zero-order chi connectivity index (χ0) is 37.9. The van der Waals surface area contributed by atoms with Gasteiger partial charge in [-0.1, -0.05) is 38.8 Å². The van der Waals surface area contributed by atoms with E-state index in [0.717, 1.165) is 40.5 Å². The third-order valence-electron chi connectivity index (χ3n) is 7.72. The highest BCUT2D eigenvalue weighted by atomic mass is 16.7. The monoisotopic (exact) mass is 720 g/mol. The molecular weight excluding hydrogens is 688 g/mol. The average molecular weight is 721 g/mol. The van der Waals surface area contributed by atoms with Crippen LogP contribution in [0, 0.1) is 0 Å². The van der Waals surface area contributed by atoms with E-state index in [1.165, 1.54) is 30.3 Å². The minimum Gasteiger partial charge on any atom is -0.457 e. The summed E-state index contributed by atoms with van der Waals surface area (Å²) in [6, 6.07) is 21.0. The molecule has 0 aliphatic heterocycles. The lowest BCUT2D eigenvalue weighted by Crippen LogP contribution is -2.13. The molecule has 0 fully saturated rings. The Bertz CT molecular complexity index is 2080. The first-order valence-electron chi connectivity index (χ1n) is 15.8. The van der Waals surface area contributed by atoms with Gasteiger partial charge in [0.25, 0.3) is 0 Å². The lowest BCUT2D eigenvalue weighted by atomic mass is 9.99. The van der Waals surface area contributed by atoms with Crippen molar-refractivity contribution in [2.24, 2.45) is 0 Å². The van der Waals surface area contributed by atoms with Crippen LogP contribution in [0.5, 0.6) is 28.7 Å². The molecule has 1 atom stereocenters. The zero-order valence-electron chi connectivity index (χ0n) is 28.4. The molecule has 0 amide bonds. The van der Waals surface area contributed by atoms with E-state index in [0.29, 0.717) is 11.5 Å². The van der Waals surface area contributed by atoms with E-state index >= 15 is 0 Å². The predicted octanol–water partition coefficient (Wildman–Crippen LogP) is 6.45. The molecule has 53 heavy (non-hydrogen) atoms. The van der Waals surface area contributed by atoms with Crippen molar-refractivity contribution >= 4 is 29.8 Å². The normalized spacial score (nSPS) is 12.1. The number of benzene rings is 4. The summed E-state index contributed by atoms with van der Waals surface area (Å²) in [6.45, 7) is 10.6. The lowest BCUT2D eigenvalue weighted by Gasteiger charge is -2.14. The van der Waals surface area contributed by atoms with Gasteiger partial charge in [-0.25, -0.2) is 24.0 Å². The highest BCUT2D eigenvalue weighted by Gasteiger charge is 2.27. The van der Waals surface area contributed by atoms with Crippen molar-refractivity contribution in [3.8, 4) is 39.9 Å². The van der Waals surface area contributed by atoms with Crippen molar-refractivity contribution in [3.05, 3.63) is 139 Å². The van der Waals surface area contributed by atoms with Crippen LogP contribution in [0.4, 0.5) is 0 Å². The molecular formula is C40H32O13. The molecule has 1 aliphatic rings. The number of carbonyl (C=O) groups is 5. The molecule has 0 radical (unpaired) electrons. The van der Waals surface area contributed by atoms with Crippen molar-refractivity contribution in [2.45, 2.75) is 12.8 Å². The fraction of sp³-hybridized carbons (Fsp3) is 0.125. The standard InChI is InChI=1S/C40H32O13/c1-5-36(41)49-21-46-27-11-8-25(9-12-27)39(44)52-28-13-15-30-31-16-14-29(20-33(31)24(4)32(30)19-28)53-40(45)26-10-17-34(47-22-50-37(42)6-2)35(18-26)48-23-51-38(43)7-3/h5-20,24H,1-3,21-23H2,4H3. The maximum absolute atomic E-state index is 13.2. The highest BCUT2D eigenvalue weighted by molar-refractivity contribution is 5.93. The Balaban J connectivity index is 1.24. The molecule has 270 valence electrons. The van der Waals surface area contributed by atoms with Crippen molar-refractivity contribution in [2.75, 3.05) is 20.4 Å². The van der Waals surface area contributed by atoms with Gasteiger partial charge in [0, 0.05) is 24.1 Å². The van der Waals surface area contributed by atoms with Crippen LogP contribution in [0.2, 0.25) is 0 Å². The molecule has 0 spiro atoms. The minimum atomic E-state index is -0.728. The number of hydrogen-bond acceptors (Lipinski definition) is 13. The first-order chi connectivity index (χ1) is 25.6. The van der Waals surface area contributed by atoms with Crippen LogP contribution >= 0.6 is 0 Å². The van der Waals surface area contributed by atoms with E-state index in [-0.39, 0.29) is 41.1 Å². The maximum Gasteiger partial charge on any atom is 0.343 e. The van der Waals surface area contributed by atoms with Gasteiger partial charge in [0.1, 0.15) is 17.2 Å². The number of fused-ring (bicyclic) bond motifs is 3. The number of carbonyl (C=O) groups excluding carboxylic acids is 5. The van der Waals surface area contributed by atoms with Crippen LogP contribution in [0.1, 0.15) is 44.7 Å². The molecule has 4 aromatic carbocycles. The second-order valence-corrected chi connectivity index (χ2v) is 11.0. The Morgan fingerprint density at radius 1 is 0.528 bits per heavy atom. The third kappa shape index (κ3) is 9.35. The summed E-state index contributed by atoms with van der Waals surface area (Å²) >= 11 is 0. The second-order valence-electron chi connectivity index (χ2n) is 11.0. The molecule has 0 heterocycles. The second kappa shape index (κ2) is 17.2. The summed E-state index contributed by atoms with van der Waals surface area (Å²) < 4.78 is 42.1. The topological polar surface area (TPSA) is 159 Å². The summed E-state index contributed by atoms with van der Waals surface area (Å²) in [4.78, 5) is 60.1. The molecule has 1 aliphatic carbocycles. The van der Waals surface area contributed by atoms with Gasteiger partial charge in [-0.15, -0.1) is 0 Å². The number of hydrogen-bond donors (Lipinski definition) is 0. The minimum absolute atomic E-state index is 0.00951. The van der Waals surface area contributed by atoms with Gasteiger partial charge in [-0.2, -0.15) is 0 Å². The van der Waals surface area contributed by atoms with E-state index in [4.69, 9.17) is 37.9 Å². The van der Waals surface area contributed by atoms with Crippen LogP contribution < -0.4 is 23.7 Å². The average Bonchev–Trinajstić information content (AvgIpc) is 3.44. The van der Waals surface area contributed by atoms with E-state index in [1.54, 1.807) is 36.4 Å². The summed E-state index contributed by atoms with van der Waals surface area (Å²) in [5, 5.41) is 0. The summed E-state index contributed by atoms with van der Waals surface area (Å²) in [6.07, 6.45) is 2.95. The van der Waals surface area contributed by atoms with Gasteiger partial charge in [0.2, 0.25) is 20.4 Å². The summed E-state index contributed by atoms with van der Waals surface area (Å²) in [5.41, 5.74) is 4.06. The van der Waals surface area contributed by atoms with Crippen LogP contribution in [0.15, 0.2) is 117 Å². The van der Waals surface area contributed by atoms with Crippen LogP contribution in [-0.4, -0.2) is 50.2 Å². The van der Waals surface area contributed by atoms with E-state index in [1.807, 2.05) is 19.1 Å². The molecule has 0 saturated carbocycles. The highest BCUT2D eigenvalue weighted by Crippen LogP contribution is 2.47. The Hall–Kier alpha value is -7.15. The molecule has 0 N–H and O–H groups in total. The summed E-state index contributed by atoms with van der Waals surface area (Å²) in [5.74, 6) is -2.35. The van der Waals surface area contributed by atoms with E-state index < -0.39 is 43.4 Å². The first-order valence-corrected chi connectivity index (χ1v) is 15.8. The first kappa shape index (κ1) is 37.1. The van der Waals surface area contributed by atoms with Gasteiger partial charge < -0.3 is 37.9 Å². The van der Waals surface area contributed by atoms with Crippen molar-refractivity contribution in [3.63, 3.8) is 0 Å². The van der Waals surface area contributed by atoms with Gasteiger partial charge >= 0.3 is 29.8 Å². The van der Waals surface area contributed by atoms with Crippen molar-refractivity contribution in [1.29, 1.82) is 0 Å². The van der Waals surface area contributed by atoms with Gasteiger partial charge in [-0.3, -0.25) is 0 Å². The molecule has 1 unspecified atom stereocenters. The van der Waals surface area contributed by atoms with Crippen LogP contribution in [0.3, 0.4) is 0 Å². The molecule has 0 aromatic heterocycles. The van der Waals surface area contributed by atoms with E-state index in [2.05, 4.69) is 19.7 Å². The SMILES string of the molecule is C=CC(=O)OCOc1ccc(C(=O)Oc2ccc3c(c2)C(C)c2cc(OC(=O)c4ccc(OCOC(=O)C=C)c(OCOC(=O)C=C)c4)ccc2-3)cc1. The Morgan fingerprint density at radius 3 is 1.47 bits per heavy atom. The molecule has 0 saturated heterocycles. The number of ether oxygens (including phenoxy) is 8. The summed E-state index contributed by atoms with van der Waals surface area (Å²) in [7, 11) is 0. The van der Waals surface area contributed by atoms with Crippen LogP contribution in [0.25, 0.3) is 11.1 Å². The maximum atomic E-state index is 13.2. The molecule has 5 rings (SSSR count). The quantitative estimate of drug-likeness (QED) is 0.0409. The number of esters is 5.